The van der Waals surface area contributed by atoms with Crippen molar-refractivity contribution in [3.63, 3.8) is 0 Å². The zero-order valence-corrected chi connectivity index (χ0v) is 12.9. The first-order valence-electron chi connectivity index (χ1n) is 7.32. The van der Waals surface area contributed by atoms with Gasteiger partial charge >= 0.3 is 5.97 Å². The van der Waals surface area contributed by atoms with E-state index < -0.39 is 5.97 Å². The Kier molecular flexibility index (Phi) is 4.49. The van der Waals surface area contributed by atoms with Crippen molar-refractivity contribution in [3.05, 3.63) is 41.1 Å². The second-order valence-corrected chi connectivity index (χ2v) is 5.98. The molecule has 0 aromatic carbocycles. The molecule has 0 amide bonds. The van der Waals surface area contributed by atoms with Gasteiger partial charge in [0.2, 0.25) is 0 Å². The quantitative estimate of drug-likeness (QED) is 0.915. The number of halogens is 1. The number of aromatic nitrogens is 2. The molecule has 1 aliphatic heterocycles. The van der Waals surface area contributed by atoms with E-state index in [4.69, 9.17) is 21.1 Å². The second kappa shape index (κ2) is 6.54. The van der Waals surface area contributed by atoms with Crippen LogP contribution in [0.25, 0.3) is 0 Å². The topological polar surface area (TPSA) is 71.5 Å². The van der Waals surface area contributed by atoms with Gasteiger partial charge in [-0.1, -0.05) is 0 Å². The summed E-state index contributed by atoms with van der Waals surface area (Å²) >= 11 is 5.80. The summed E-state index contributed by atoms with van der Waals surface area (Å²) in [6.07, 6.45) is 3.89. The van der Waals surface area contributed by atoms with Crippen LogP contribution in [-0.2, 0) is 17.9 Å². The van der Waals surface area contributed by atoms with E-state index >= 15 is 0 Å². The molecule has 6 nitrogen and oxygen atoms in total. The Morgan fingerprint density at radius 3 is 3.05 bits per heavy atom. The molecule has 2 aromatic rings. The Bertz CT molecular complexity index is 652. The molecule has 0 unspecified atom stereocenters. The Balaban J connectivity index is 1.62. The number of carboxylic acids is 1. The summed E-state index contributed by atoms with van der Waals surface area (Å²) in [5, 5.41) is 13.6. The highest BCUT2D eigenvalue weighted by molar-refractivity contribution is 6.28. The largest absolute Gasteiger partial charge is 0.480 e. The lowest BCUT2D eigenvalue weighted by atomic mass is 9.95. The fraction of sp³-hybridized carbons (Fsp3) is 0.467. The smallest absolute Gasteiger partial charge is 0.325 e. The van der Waals surface area contributed by atoms with Crippen molar-refractivity contribution < 1.29 is 14.3 Å². The first kappa shape index (κ1) is 15.1. The van der Waals surface area contributed by atoms with Gasteiger partial charge in [-0.05, 0) is 49.2 Å². The highest BCUT2D eigenvalue weighted by Gasteiger charge is 2.24. The van der Waals surface area contributed by atoms with Gasteiger partial charge in [0.15, 0.2) is 5.22 Å². The zero-order chi connectivity index (χ0) is 15.5. The third kappa shape index (κ3) is 3.69. The number of nitrogens with zero attached hydrogens (tertiary/aromatic N) is 3. The van der Waals surface area contributed by atoms with Crippen molar-refractivity contribution in [2.24, 2.45) is 0 Å². The van der Waals surface area contributed by atoms with E-state index in [0.29, 0.717) is 11.1 Å². The molecular weight excluding hydrogens is 306 g/mol. The van der Waals surface area contributed by atoms with E-state index in [1.807, 2.05) is 12.1 Å². The lowest BCUT2D eigenvalue weighted by molar-refractivity contribution is -0.137. The fourth-order valence-electron chi connectivity index (χ4n) is 2.92. The van der Waals surface area contributed by atoms with E-state index in [2.05, 4.69) is 10.00 Å². The van der Waals surface area contributed by atoms with Crippen molar-refractivity contribution >= 4 is 17.6 Å². The maximum absolute atomic E-state index is 10.7. The third-order valence-corrected chi connectivity index (χ3v) is 4.09. The molecule has 1 aliphatic rings. The van der Waals surface area contributed by atoms with Gasteiger partial charge in [0, 0.05) is 18.7 Å². The van der Waals surface area contributed by atoms with Gasteiger partial charge in [0.1, 0.15) is 12.3 Å². The molecule has 1 N–H and O–H groups in total. The summed E-state index contributed by atoms with van der Waals surface area (Å²) in [5.74, 6) is 0.311. The standard InChI is InChI=1S/C15H18ClN3O3/c16-14-4-3-12(22-14)9-18-6-1-2-11(8-18)13-5-7-19(17-13)10-15(20)21/h3-5,7,11H,1-2,6,8-10H2,(H,20,21)/t11-/m0/s1. The van der Waals surface area contributed by atoms with Crippen LogP contribution in [0.1, 0.15) is 30.2 Å². The number of likely N-dealkylation sites (tertiary alicyclic amines) is 1. The molecule has 118 valence electrons. The van der Waals surface area contributed by atoms with Crippen LogP contribution in [0.3, 0.4) is 0 Å². The van der Waals surface area contributed by atoms with Crippen LogP contribution in [0.2, 0.25) is 5.22 Å². The predicted molar refractivity (Wildman–Crippen MR) is 80.8 cm³/mol. The van der Waals surface area contributed by atoms with Crippen LogP contribution in [-0.4, -0.2) is 38.8 Å². The summed E-state index contributed by atoms with van der Waals surface area (Å²) in [6.45, 7) is 2.55. The predicted octanol–water partition coefficient (Wildman–Crippen LogP) is 2.59. The van der Waals surface area contributed by atoms with Crippen LogP contribution in [0, 0.1) is 0 Å². The van der Waals surface area contributed by atoms with E-state index in [1.165, 1.54) is 4.68 Å². The molecule has 1 atom stereocenters. The molecule has 0 aliphatic carbocycles. The van der Waals surface area contributed by atoms with Crippen molar-refractivity contribution in [1.29, 1.82) is 0 Å². The van der Waals surface area contributed by atoms with Crippen LogP contribution in [0.4, 0.5) is 0 Å². The Hall–Kier alpha value is -1.79. The molecule has 7 heteroatoms. The number of piperidine rings is 1. The highest BCUT2D eigenvalue weighted by atomic mass is 35.5. The first-order chi connectivity index (χ1) is 10.6. The zero-order valence-electron chi connectivity index (χ0n) is 12.1. The summed E-state index contributed by atoms with van der Waals surface area (Å²) in [4.78, 5) is 13.0. The van der Waals surface area contributed by atoms with E-state index in [9.17, 15) is 4.79 Å². The van der Waals surface area contributed by atoms with E-state index in [-0.39, 0.29) is 6.54 Å². The van der Waals surface area contributed by atoms with Gasteiger partial charge in [0.25, 0.3) is 0 Å². The SMILES string of the molecule is O=C(O)Cn1ccc([C@H]2CCCN(Cc3ccc(Cl)o3)C2)n1. The third-order valence-electron chi connectivity index (χ3n) is 3.89. The van der Waals surface area contributed by atoms with E-state index in [1.54, 1.807) is 12.3 Å². The maximum atomic E-state index is 10.7. The van der Waals surface area contributed by atoms with Gasteiger partial charge in [-0.2, -0.15) is 5.10 Å². The average molecular weight is 324 g/mol. The van der Waals surface area contributed by atoms with Crippen LogP contribution in [0.15, 0.2) is 28.8 Å². The normalized spacial score (nSPS) is 19.4. The molecule has 0 radical (unpaired) electrons. The molecule has 0 bridgehead atoms. The number of aliphatic carboxylic acids is 1. The van der Waals surface area contributed by atoms with Gasteiger partial charge in [0.05, 0.1) is 12.2 Å². The van der Waals surface area contributed by atoms with Crippen molar-refractivity contribution in [1.82, 2.24) is 14.7 Å². The van der Waals surface area contributed by atoms with E-state index in [0.717, 1.165) is 43.9 Å². The Morgan fingerprint density at radius 1 is 1.45 bits per heavy atom. The van der Waals surface area contributed by atoms with Crippen molar-refractivity contribution in [3.8, 4) is 0 Å². The molecule has 3 rings (SSSR count). The molecular formula is C15H18ClN3O3. The Labute approximate surface area is 133 Å². The number of furan rings is 1. The van der Waals surface area contributed by atoms with Crippen LogP contribution < -0.4 is 0 Å². The maximum Gasteiger partial charge on any atom is 0.325 e. The summed E-state index contributed by atoms with van der Waals surface area (Å²) in [6, 6.07) is 5.57. The minimum Gasteiger partial charge on any atom is -0.480 e. The van der Waals surface area contributed by atoms with Crippen molar-refractivity contribution in [2.45, 2.75) is 31.8 Å². The number of hydrogen-bond donors (Lipinski definition) is 1. The van der Waals surface area contributed by atoms with Crippen LogP contribution >= 0.6 is 11.6 Å². The average Bonchev–Trinajstić information content (AvgIpc) is 3.08. The molecule has 3 heterocycles. The number of rotatable bonds is 5. The monoisotopic (exact) mass is 323 g/mol. The van der Waals surface area contributed by atoms with Gasteiger partial charge in [-0.15, -0.1) is 0 Å². The number of carboxylic acid groups (broad SMARTS) is 1. The molecule has 0 saturated carbocycles. The minimum atomic E-state index is -0.880. The molecule has 1 fully saturated rings. The lowest BCUT2D eigenvalue weighted by Crippen LogP contribution is -2.34. The van der Waals surface area contributed by atoms with Gasteiger partial charge < -0.3 is 9.52 Å². The summed E-state index contributed by atoms with van der Waals surface area (Å²) in [5.41, 5.74) is 0.962. The molecule has 22 heavy (non-hydrogen) atoms. The highest BCUT2D eigenvalue weighted by Crippen LogP contribution is 2.27. The summed E-state index contributed by atoms with van der Waals surface area (Å²) < 4.78 is 6.89. The molecule has 1 saturated heterocycles. The molecule has 2 aromatic heterocycles. The Morgan fingerprint density at radius 2 is 2.32 bits per heavy atom. The minimum absolute atomic E-state index is 0.0959. The van der Waals surface area contributed by atoms with Crippen LogP contribution in [0.5, 0.6) is 0 Å². The van der Waals surface area contributed by atoms with Gasteiger partial charge in [-0.3, -0.25) is 14.4 Å². The number of carbonyl (C=O) groups is 1. The fourth-order valence-corrected chi connectivity index (χ4v) is 3.08. The second-order valence-electron chi connectivity index (χ2n) is 5.61. The van der Waals surface area contributed by atoms with Crippen molar-refractivity contribution in [2.75, 3.05) is 13.1 Å². The molecule has 0 spiro atoms. The van der Waals surface area contributed by atoms with Gasteiger partial charge in [-0.25, -0.2) is 0 Å². The summed E-state index contributed by atoms with van der Waals surface area (Å²) in [7, 11) is 0. The lowest BCUT2D eigenvalue weighted by Gasteiger charge is -2.31. The first-order valence-corrected chi connectivity index (χ1v) is 7.69. The number of hydrogen-bond acceptors (Lipinski definition) is 4.